The monoisotopic (exact) mass is 339 g/mol. The second kappa shape index (κ2) is 5.62. The Morgan fingerprint density at radius 1 is 1.29 bits per heavy atom. The average Bonchev–Trinajstić information content (AvgIpc) is 3.08. The van der Waals surface area contributed by atoms with E-state index in [4.69, 9.17) is 0 Å². The van der Waals surface area contributed by atoms with Gasteiger partial charge >= 0.3 is 12.1 Å². The van der Waals surface area contributed by atoms with E-state index in [-0.39, 0.29) is 17.9 Å². The summed E-state index contributed by atoms with van der Waals surface area (Å²) in [5.74, 6) is -1.74. The van der Waals surface area contributed by atoms with E-state index in [9.17, 15) is 18.0 Å². The number of nitrogens with zero attached hydrogens (tertiary/aromatic N) is 5. The molecular formula is C14H12F3N5O2. The van der Waals surface area contributed by atoms with Crippen LogP contribution in [0.4, 0.5) is 13.2 Å². The van der Waals surface area contributed by atoms with Crippen LogP contribution in [0.2, 0.25) is 0 Å². The number of aromatic nitrogens is 5. The molecule has 0 amide bonds. The van der Waals surface area contributed by atoms with Gasteiger partial charge in [0.05, 0.1) is 17.9 Å². The van der Waals surface area contributed by atoms with Crippen molar-refractivity contribution in [3.05, 3.63) is 52.0 Å². The quantitative estimate of drug-likeness (QED) is 0.729. The Labute approximate surface area is 133 Å². The summed E-state index contributed by atoms with van der Waals surface area (Å²) >= 11 is 0. The van der Waals surface area contributed by atoms with Crippen LogP contribution in [0.15, 0.2) is 33.7 Å². The van der Waals surface area contributed by atoms with E-state index in [0.29, 0.717) is 0 Å². The minimum absolute atomic E-state index is 0.150. The fourth-order valence-corrected chi connectivity index (χ4v) is 2.22. The molecule has 10 heteroatoms. The molecule has 3 heterocycles. The largest absolute Gasteiger partial charge is 0.471 e. The molecule has 0 aliphatic carbocycles. The normalized spacial score (nSPS) is 11.9. The van der Waals surface area contributed by atoms with Crippen LogP contribution in [0.1, 0.15) is 17.3 Å². The molecule has 3 aromatic rings. The van der Waals surface area contributed by atoms with Crippen molar-refractivity contribution >= 4 is 0 Å². The zero-order valence-corrected chi connectivity index (χ0v) is 12.7. The average molecular weight is 339 g/mol. The van der Waals surface area contributed by atoms with Crippen LogP contribution in [-0.2, 0) is 19.8 Å². The zero-order chi connectivity index (χ0) is 17.5. The van der Waals surface area contributed by atoms with Gasteiger partial charge in [-0.05, 0) is 19.1 Å². The van der Waals surface area contributed by atoms with Crippen molar-refractivity contribution in [2.24, 2.45) is 7.05 Å². The summed E-state index contributed by atoms with van der Waals surface area (Å²) in [6, 6.07) is 4.46. The van der Waals surface area contributed by atoms with E-state index in [0.717, 1.165) is 17.5 Å². The second-order valence-electron chi connectivity index (χ2n) is 5.20. The van der Waals surface area contributed by atoms with E-state index in [2.05, 4.69) is 19.8 Å². The van der Waals surface area contributed by atoms with Crippen LogP contribution in [-0.4, -0.2) is 24.5 Å². The second-order valence-corrected chi connectivity index (χ2v) is 5.20. The highest BCUT2D eigenvalue weighted by atomic mass is 19.4. The summed E-state index contributed by atoms with van der Waals surface area (Å²) in [6.07, 6.45) is -3.26. The van der Waals surface area contributed by atoms with E-state index < -0.39 is 17.6 Å². The Balaban J connectivity index is 1.89. The maximum Gasteiger partial charge on any atom is 0.471 e. The molecule has 0 atom stereocenters. The molecule has 0 aliphatic heterocycles. The molecule has 0 radical (unpaired) electrons. The van der Waals surface area contributed by atoms with Crippen LogP contribution in [0, 0.1) is 6.92 Å². The first-order chi connectivity index (χ1) is 11.2. The van der Waals surface area contributed by atoms with Crippen molar-refractivity contribution in [2.75, 3.05) is 0 Å². The minimum atomic E-state index is -4.72. The summed E-state index contributed by atoms with van der Waals surface area (Å²) in [5, 5.41) is 7.45. The highest BCUT2D eigenvalue weighted by Gasteiger charge is 2.38. The first kappa shape index (κ1) is 16.0. The first-order valence-electron chi connectivity index (χ1n) is 6.85. The molecule has 0 unspecified atom stereocenters. The molecule has 126 valence electrons. The van der Waals surface area contributed by atoms with Crippen molar-refractivity contribution in [3.8, 4) is 11.4 Å². The predicted molar refractivity (Wildman–Crippen MR) is 76.0 cm³/mol. The van der Waals surface area contributed by atoms with Crippen molar-refractivity contribution in [1.29, 1.82) is 0 Å². The highest BCUT2D eigenvalue weighted by Crippen LogP contribution is 2.29. The van der Waals surface area contributed by atoms with Gasteiger partial charge in [-0.25, -0.2) is 0 Å². The van der Waals surface area contributed by atoms with Gasteiger partial charge < -0.3 is 9.09 Å². The molecule has 3 rings (SSSR count). The number of hydrogen-bond acceptors (Lipinski definition) is 5. The first-order valence-corrected chi connectivity index (χ1v) is 6.85. The SMILES string of the molecule is Cc1cc(Cn2ccc(-c3noc(C(F)(F)F)n3)cc2=O)n(C)n1. The third kappa shape index (κ3) is 3.07. The molecule has 7 nitrogen and oxygen atoms in total. The molecular weight excluding hydrogens is 327 g/mol. The van der Waals surface area contributed by atoms with Gasteiger partial charge in [-0.2, -0.15) is 23.3 Å². The number of pyridine rings is 1. The van der Waals surface area contributed by atoms with Gasteiger partial charge in [0.2, 0.25) is 5.82 Å². The number of rotatable bonds is 3. The molecule has 24 heavy (non-hydrogen) atoms. The van der Waals surface area contributed by atoms with E-state index in [1.165, 1.54) is 16.8 Å². The van der Waals surface area contributed by atoms with Crippen molar-refractivity contribution < 1.29 is 17.7 Å². The lowest BCUT2D eigenvalue weighted by Crippen LogP contribution is -2.20. The van der Waals surface area contributed by atoms with Gasteiger partial charge in [0.1, 0.15) is 0 Å². The van der Waals surface area contributed by atoms with Crippen LogP contribution in [0.25, 0.3) is 11.4 Å². The lowest BCUT2D eigenvalue weighted by atomic mass is 10.2. The molecule has 0 saturated heterocycles. The summed E-state index contributed by atoms with van der Waals surface area (Å²) in [6.45, 7) is 2.13. The third-order valence-electron chi connectivity index (χ3n) is 3.35. The van der Waals surface area contributed by atoms with Gasteiger partial charge in [0, 0.05) is 24.9 Å². The fourth-order valence-electron chi connectivity index (χ4n) is 2.22. The Morgan fingerprint density at radius 2 is 2.04 bits per heavy atom. The fraction of sp³-hybridized carbons (Fsp3) is 0.286. The molecule has 0 aromatic carbocycles. The molecule has 0 saturated carbocycles. The summed E-state index contributed by atoms with van der Waals surface area (Å²) in [5.41, 5.74) is 1.39. The summed E-state index contributed by atoms with van der Waals surface area (Å²) in [7, 11) is 1.76. The standard InChI is InChI=1S/C14H12F3N5O2/c1-8-5-10(21(2)19-8)7-22-4-3-9(6-11(22)23)12-18-13(24-20-12)14(15,16)17/h3-6H,7H2,1-2H3. The minimum Gasteiger partial charge on any atom is -0.329 e. The maximum atomic E-state index is 12.5. The third-order valence-corrected chi connectivity index (χ3v) is 3.35. The topological polar surface area (TPSA) is 78.7 Å². The van der Waals surface area contributed by atoms with Gasteiger partial charge in [-0.1, -0.05) is 5.16 Å². The lowest BCUT2D eigenvalue weighted by Gasteiger charge is -2.06. The maximum absolute atomic E-state index is 12.5. The molecule has 0 aliphatic rings. The number of alkyl halides is 3. The molecule has 0 spiro atoms. The van der Waals surface area contributed by atoms with E-state index >= 15 is 0 Å². The van der Waals surface area contributed by atoms with Crippen molar-refractivity contribution in [2.45, 2.75) is 19.6 Å². The van der Waals surface area contributed by atoms with E-state index in [1.807, 2.05) is 13.0 Å². The van der Waals surface area contributed by atoms with Crippen LogP contribution < -0.4 is 5.56 Å². The van der Waals surface area contributed by atoms with Gasteiger partial charge in [0.25, 0.3) is 5.56 Å². The Hall–Kier alpha value is -2.91. The van der Waals surface area contributed by atoms with Crippen LogP contribution in [0.5, 0.6) is 0 Å². The highest BCUT2D eigenvalue weighted by molar-refractivity contribution is 5.52. The zero-order valence-electron chi connectivity index (χ0n) is 12.7. The smallest absolute Gasteiger partial charge is 0.329 e. The van der Waals surface area contributed by atoms with Crippen molar-refractivity contribution in [1.82, 2.24) is 24.5 Å². The number of halogens is 3. The molecule has 0 fully saturated rings. The summed E-state index contributed by atoms with van der Waals surface area (Å²) < 4.78 is 44.6. The molecule has 0 N–H and O–H groups in total. The number of hydrogen-bond donors (Lipinski definition) is 0. The van der Waals surface area contributed by atoms with Crippen LogP contribution in [0.3, 0.4) is 0 Å². The molecule has 0 bridgehead atoms. The van der Waals surface area contributed by atoms with Gasteiger partial charge in [-0.15, -0.1) is 0 Å². The Kier molecular flexibility index (Phi) is 3.74. The van der Waals surface area contributed by atoms with Crippen molar-refractivity contribution in [3.63, 3.8) is 0 Å². The van der Waals surface area contributed by atoms with Gasteiger partial charge in [-0.3, -0.25) is 9.48 Å². The number of aryl methyl sites for hydroxylation is 2. The van der Waals surface area contributed by atoms with Gasteiger partial charge in [0.15, 0.2) is 0 Å². The molecule has 3 aromatic heterocycles. The predicted octanol–water partition coefficient (Wildman–Crippen LogP) is 2.01. The summed E-state index contributed by atoms with van der Waals surface area (Å²) in [4.78, 5) is 15.4. The van der Waals surface area contributed by atoms with E-state index in [1.54, 1.807) is 11.7 Å². The lowest BCUT2D eigenvalue weighted by molar-refractivity contribution is -0.159. The van der Waals surface area contributed by atoms with Crippen LogP contribution >= 0.6 is 0 Å². The Bertz CT molecular complexity index is 939. The Morgan fingerprint density at radius 3 is 2.58 bits per heavy atom.